The smallest absolute Gasteiger partial charge is 0.229 e. The van der Waals surface area contributed by atoms with E-state index in [1.807, 2.05) is 6.07 Å². The molecule has 3 heterocycles. The van der Waals surface area contributed by atoms with E-state index >= 15 is 0 Å². The van der Waals surface area contributed by atoms with Crippen molar-refractivity contribution in [3.05, 3.63) is 71.8 Å². The number of anilines is 4. The van der Waals surface area contributed by atoms with Gasteiger partial charge < -0.3 is 19.9 Å². The first-order valence-corrected chi connectivity index (χ1v) is 11.6. The van der Waals surface area contributed by atoms with Crippen molar-refractivity contribution in [3.63, 3.8) is 0 Å². The second-order valence-corrected chi connectivity index (χ2v) is 8.67. The van der Waals surface area contributed by atoms with Gasteiger partial charge >= 0.3 is 0 Å². The van der Waals surface area contributed by atoms with Crippen LogP contribution < -0.4 is 15.1 Å². The molecule has 0 bridgehead atoms. The summed E-state index contributed by atoms with van der Waals surface area (Å²) in [5.74, 6) is 2.61. The molecule has 6 nitrogen and oxygen atoms in total. The van der Waals surface area contributed by atoms with Crippen LogP contribution in [0.4, 0.5) is 23.3 Å². The van der Waals surface area contributed by atoms with Crippen LogP contribution in [-0.4, -0.2) is 42.8 Å². The summed E-state index contributed by atoms with van der Waals surface area (Å²) < 4.78 is 6.08. The molecule has 2 saturated heterocycles. The number of aromatic nitrogens is 2. The van der Waals surface area contributed by atoms with E-state index < -0.39 is 0 Å². The Morgan fingerprint density at radius 1 is 0.875 bits per heavy atom. The van der Waals surface area contributed by atoms with E-state index in [1.165, 1.54) is 30.4 Å². The zero-order valence-electron chi connectivity index (χ0n) is 18.7. The normalized spacial score (nSPS) is 19.1. The Morgan fingerprint density at radius 2 is 1.66 bits per heavy atom. The molecule has 0 amide bonds. The molecule has 1 aromatic heterocycles. The SMILES string of the molecule is Cc1ccc(Nc2cc(N3CCCCC3)nc(N3CCOC(c4ccccc4)C3)n2)cc1. The van der Waals surface area contributed by atoms with E-state index in [2.05, 4.69) is 76.6 Å². The predicted octanol–water partition coefficient (Wildman–Crippen LogP) is 5.10. The minimum absolute atomic E-state index is 0.0284. The zero-order valence-corrected chi connectivity index (χ0v) is 18.7. The van der Waals surface area contributed by atoms with Crippen LogP contribution in [0.2, 0.25) is 0 Å². The number of hydrogen-bond donors (Lipinski definition) is 1. The summed E-state index contributed by atoms with van der Waals surface area (Å²) in [6.07, 6.45) is 3.76. The summed E-state index contributed by atoms with van der Waals surface area (Å²) in [7, 11) is 0. The first-order valence-electron chi connectivity index (χ1n) is 11.6. The van der Waals surface area contributed by atoms with Crippen LogP contribution in [-0.2, 0) is 4.74 Å². The summed E-state index contributed by atoms with van der Waals surface area (Å²) in [6.45, 7) is 6.40. The summed E-state index contributed by atoms with van der Waals surface area (Å²) in [4.78, 5) is 14.6. The molecule has 2 fully saturated rings. The van der Waals surface area contributed by atoms with Gasteiger partial charge in [-0.05, 0) is 43.9 Å². The van der Waals surface area contributed by atoms with Crippen molar-refractivity contribution in [1.82, 2.24) is 9.97 Å². The first-order chi connectivity index (χ1) is 15.7. The Balaban J connectivity index is 1.43. The van der Waals surface area contributed by atoms with E-state index in [-0.39, 0.29) is 6.10 Å². The molecule has 2 aromatic carbocycles. The number of morpholine rings is 1. The molecule has 0 aliphatic carbocycles. The summed E-state index contributed by atoms with van der Waals surface area (Å²) in [6, 6.07) is 20.9. The molecule has 166 valence electrons. The van der Waals surface area contributed by atoms with Gasteiger partial charge in [0.15, 0.2) is 0 Å². The fourth-order valence-electron chi connectivity index (χ4n) is 4.40. The van der Waals surface area contributed by atoms with Crippen molar-refractivity contribution in [2.75, 3.05) is 47.9 Å². The monoisotopic (exact) mass is 429 g/mol. The minimum Gasteiger partial charge on any atom is -0.370 e. The van der Waals surface area contributed by atoms with Gasteiger partial charge in [0.2, 0.25) is 5.95 Å². The van der Waals surface area contributed by atoms with Crippen LogP contribution in [0.1, 0.15) is 36.5 Å². The topological polar surface area (TPSA) is 53.5 Å². The number of hydrogen-bond acceptors (Lipinski definition) is 6. The van der Waals surface area contributed by atoms with Crippen LogP contribution in [0.3, 0.4) is 0 Å². The maximum absolute atomic E-state index is 6.08. The molecule has 1 N–H and O–H groups in total. The lowest BCUT2D eigenvalue weighted by molar-refractivity contribution is 0.0392. The molecule has 3 aromatic rings. The highest BCUT2D eigenvalue weighted by molar-refractivity contribution is 5.62. The second-order valence-electron chi connectivity index (χ2n) is 8.67. The number of benzene rings is 2. The number of nitrogens with one attached hydrogen (secondary N) is 1. The molecule has 2 aliphatic rings. The lowest BCUT2D eigenvalue weighted by Gasteiger charge is -2.34. The van der Waals surface area contributed by atoms with E-state index in [4.69, 9.17) is 14.7 Å². The quantitative estimate of drug-likeness (QED) is 0.609. The fraction of sp³-hybridized carbons (Fsp3) is 0.385. The highest BCUT2D eigenvalue weighted by Gasteiger charge is 2.25. The summed E-state index contributed by atoms with van der Waals surface area (Å²) >= 11 is 0. The highest BCUT2D eigenvalue weighted by Crippen LogP contribution is 2.29. The lowest BCUT2D eigenvalue weighted by Crippen LogP contribution is -2.40. The molecule has 5 rings (SSSR count). The Kier molecular flexibility index (Phi) is 6.21. The highest BCUT2D eigenvalue weighted by atomic mass is 16.5. The molecule has 0 spiro atoms. The van der Waals surface area contributed by atoms with Gasteiger partial charge in [-0.15, -0.1) is 0 Å². The van der Waals surface area contributed by atoms with Crippen LogP contribution in [0.25, 0.3) is 0 Å². The van der Waals surface area contributed by atoms with Crippen molar-refractivity contribution < 1.29 is 4.74 Å². The second kappa shape index (κ2) is 9.57. The van der Waals surface area contributed by atoms with Gasteiger partial charge in [-0.3, -0.25) is 0 Å². The average Bonchev–Trinajstić information content (AvgIpc) is 2.86. The molecule has 0 radical (unpaired) electrons. The van der Waals surface area contributed by atoms with Crippen molar-refractivity contribution in [1.29, 1.82) is 0 Å². The molecular weight excluding hydrogens is 398 g/mol. The van der Waals surface area contributed by atoms with Gasteiger partial charge in [0.1, 0.15) is 17.7 Å². The summed E-state index contributed by atoms with van der Waals surface area (Å²) in [5.41, 5.74) is 3.48. The third-order valence-corrected chi connectivity index (χ3v) is 6.23. The van der Waals surface area contributed by atoms with Gasteiger partial charge in [0.25, 0.3) is 0 Å². The van der Waals surface area contributed by atoms with E-state index in [0.29, 0.717) is 6.61 Å². The van der Waals surface area contributed by atoms with Gasteiger partial charge in [0.05, 0.1) is 13.2 Å². The van der Waals surface area contributed by atoms with Gasteiger partial charge in [-0.1, -0.05) is 48.0 Å². The van der Waals surface area contributed by atoms with Crippen molar-refractivity contribution in [2.24, 2.45) is 0 Å². The molecule has 2 aliphatic heterocycles. The number of nitrogens with zero attached hydrogens (tertiary/aromatic N) is 4. The predicted molar refractivity (Wildman–Crippen MR) is 130 cm³/mol. The number of rotatable bonds is 5. The van der Waals surface area contributed by atoms with Gasteiger partial charge in [0, 0.05) is 31.4 Å². The Morgan fingerprint density at radius 3 is 2.44 bits per heavy atom. The van der Waals surface area contributed by atoms with Gasteiger partial charge in [-0.2, -0.15) is 9.97 Å². The standard InChI is InChI=1S/C26H31N5O/c1-20-10-12-22(13-11-20)27-24-18-25(30-14-6-3-7-15-30)29-26(28-24)31-16-17-32-23(19-31)21-8-4-2-5-9-21/h2,4-5,8-13,18,23H,3,6-7,14-17,19H2,1H3,(H,27,28,29). The summed E-state index contributed by atoms with van der Waals surface area (Å²) in [5, 5.41) is 3.50. The van der Waals surface area contributed by atoms with Crippen LogP contribution in [0, 0.1) is 6.92 Å². The lowest BCUT2D eigenvalue weighted by atomic mass is 10.1. The van der Waals surface area contributed by atoms with Crippen LogP contribution in [0.15, 0.2) is 60.7 Å². The largest absolute Gasteiger partial charge is 0.370 e. The number of piperidine rings is 1. The van der Waals surface area contributed by atoms with Gasteiger partial charge in [-0.25, -0.2) is 0 Å². The van der Waals surface area contributed by atoms with E-state index in [9.17, 15) is 0 Å². The third kappa shape index (κ3) is 4.86. The van der Waals surface area contributed by atoms with Crippen molar-refractivity contribution >= 4 is 23.3 Å². The van der Waals surface area contributed by atoms with E-state index in [1.54, 1.807) is 0 Å². The Bertz CT molecular complexity index is 1020. The molecule has 32 heavy (non-hydrogen) atoms. The average molecular weight is 430 g/mol. The third-order valence-electron chi connectivity index (χ3n) is 6.23. The fourth-order valence-corrected chi connectivity index (χ4v) is 4.40. The minimum atomic E-state index is 0.0284. The molecule has 1 unspecified atom stereocenters. The molecular formula is C26H31N5O. The Hall–Kier alpha value is -3.12. The molecule has 0 saturated carbocycles. The zero-order chi connectivity index (χ0) is 21.8. The van der Waals surface area contributed by atoms with Crippen molar-refractivity contribution in [3.8, 4) is 0 Å². The van der Waals surface area contributed by atoms with Crippen LogP contribution in [0.5, 0.6) is 0 Å². The molecule has 6 heteroatoms. The Labute approximate surface area is 190 Å². The van der Waals surface area contributed by atoms with Crippen LogP contribution >= 0.6 is 0 Å². The van der Waals surface area contributed by atoms with Crippen molar-refractivity contribution in [2.45, 2.75) is 32.3 Å². The maximum Gasteiger partial charge on any atom is 0.229 e. The number of aryl methyl sites for hydroxylation is 1. The first kappa shape index (κ1) is 20.8. The number of ether oxygens (including phenoxy) is 1. The van der Waals surface area contributed by atoms with E-state index in [0.717, 1.165) is 49.5 Å². The maximum atomic E-state index is 6.08. The molecule has 1 atom stereocenters.